The predicted octanol–water partition coefficient (Wildman–Crippen LogP) is -0.529. The fourth-order valence-corrected chi connectivity index (χ4v) is 0.603. The van der Waals surface area contributed by atoms with Crippen LogP contribution in [0.5, 0.6) is 0 Å². The lowest BCUT2D eigenvalue weighted by atomic mass is 10.3. The minimum Gasteiger partial charge on any atom is -0.370 e. The minimum absolute atomic E-state index is 0.211. The first-order valence-corrected chi connectivity index (χ1v) is 3.87. The Labute approximate surface area is 76.0 Å². The Morgan fingerprint density at radius 2 is 1.85 bits per heavy atom. The van der Waals surface area contributed by atoms with Crippen molar-refractivity contribution in [2.24, 2.45) is 5.73 Å². The number of rotatable bonds is 2. The van der Waals surface area contributed by atoms with Gasteiger partial charge in [0.2, 0.25) is 5.91 Å². The summed E-state index contributed by atoms with van der Waals surface area (Å²) in [5.41, 5.74) is 4.76. The van der Waals surface area contributed by atoms with Crippen LogP contribution in [-0.4, -0.2) is 17.7 Å². The SMILES string of the molecule is CCCC(N)=O.O=C1C=CC(=O)N1. The van der Waals surface area contributed by atoms with Crippen LogP contribution < -0.4 is 11.1 Å². The van der Waals surface area contributed by atoms with Crippen LogP contribution in [0.15, 0.2) is 12.2 Å². The van der Waals surface area contributed by atoms with E-state index in [-0.39, 0.29) is 17.7 Å². The Hall–Kier alpha value is -1.65. The van der Waals surface area contributed by atoms with Crippen LogP contribution in [0.4, 0.5) is 0 Å². The topological polar surface area (TPSA) is 89.3 Å². The number of amides is 3. The molecule has 1 aliphatic heterocycles. The number of hydrogen-bond acceptors (Lipinski definition) is 3. The summed E-state index contributed by atoms with van der Waals surface area (Å²) in [6.07, 6.45) is 3.76. The molecule has 5 heteroatoms. The van der Waals surface area contributed by atoms with Gasteiger partial charge in [0.15, 0.2) is 0 Å². The summed E-state index contributed by atoms with van der Waals surface area (Å²) in [7, 11) is 0. The molecule has 1 aliphatic rings. The zero-order valence-electron chi connectivity index (χ0n) is 7.37. The third-order valence-corrected chi connectivity index (χ3v) is 1.13. The second-order valence-corrected chi connectivity index (χ2v) is 2.40. The van der Waals surface area contributed by atoms with Crippen LogP contribution >= 0.6 is 0 Å². The highest BCUT2D eigenvalue weighted by molar-refractivity contribution is 6.12. The average molecular weight is 184 g/mol. The molecular weight excluding hydrogens is 172 g/mol. The number of imide groups is 1. The van der Waals surface area contributed by atoms with E-state index in [1.165, 1.54) is 12.2 Å². The van der Waals surface area contributed by atoms with E-state index >= 15 is 0 Å². The number of primary amides is 1. The van der Waals surface area contributed by atoms with E-state index in [1.54, 1.807) is 0 Å². The fourth-order valence-electron chi connectivity index (χ4n) is 0.603. The quantitative estimate of drug-likeness (QED) is 0.565. The van der Waals surface area contributed by atoms with Gasteiger partial charge in [0, 0.05) is 18.6 Å². The van der Waals surface area contributed by atoms with Crippen molar-refractivity contribution in [3.8, 4) is 0 Å². The molecule has 0 radical (unpaired) electrons. The van der Waals surface area contributed by atoms with E-state index in [0.717, 1.165) is 6.42 Å². The number of hydrogen-bond donors (Lipinski definition) is 2. The summed E-state index contributed by atoms with van der Waals surface area (Å²) in [5, 5.41) is 2.03. The van der Waals surface area contributed by atoms with E-state index in [1.807, 2.05) is 12.2 Å². The molecule has 3 N–H and O–H groups in total. The molecule has 13 heavy (non-hydrogen) atoms. The number of carbonyl (C=O) groups is 3. The van der Waals surface area contributed by atoms with Gasteiger partial charge in [-0.05, 0) is 6.42 Å². The third-order valence-electron chi connectivity index (χ3n) is 1.13. The number of nitrogens with one attached hydrogen (secondary N) is 1. The summed E-state index contributed by atoms with van der Waals surface area (Å²) in [4.78, 5) is 29.9. The van der Waals surface area contributed by atoms with E-state index < -0.39 is 0 Å². The van der Waals surface area contributed by atoms with E-state index in [2.05, 4.69) is 0 Å². The van der Waals surface area contributed by atoms with Gasteiger partial charge in [-0.2, -0.15) is 0 Å². The van der Waals surface area contributed by atoms with Gasteiger partial charge in [-0.1, -0.05) is 6.92 Å². The van der Waals surface area contributed by atoms with Gasteiger partial charge in [0.25, 0.3) is 11.8 Å². The molecule has 1 heterocycles. The molecule has 0 aliphatic carbocycles. The first-order valence-electron chi connectivity index (χ1n) is 3.87. The molecule has 3 amide bonds. The molecule has 0 saturated heterocycles. The molecule has 0 aromatic heterocycles. The van der Waals surface area contributed by atoms with Crippen molar-refractivity contribution < 1.29 is 14.4 Å². The highest BCUT2D eigenvalue weighted by Crippen LogP contribution is 1.82. The van der Waals surface area contributed by atoms with Crippen molar-refractivity contribution in [1.29, 1.82) is 0 Å². The highest BCUT2D eigenvalue weighted by Gasteiger charge is 2.06. The van der Waals surface area contributed by atoms with Crippen LogP contribution in [0, 0.1) is 0 Å². The van der Waals surface area contributed by atoms with Crippen molar-refractivity contribution in [2.75, 3.05) is 0 Å². The minimum atomic E-state index is -0.329. The highest BCUT2D eigenvalue weighted by atomic mass is 16.2. The van der Waals surface area contributed by atoms with Gasteiger partial charge in [0.1, 0.15) is 0 Å². The van der Waals surface area contributed by atoms with Crippen molar-refractivity contribution in [3.05, 3.63) is 12.2 Å². The van der Waals surface area contributed by atoms with Crippen LogP contribution in [0.1, 0.15) is 19.8 Å². The predicted molar refractivity (Wildman–Crippen MR) is 46.4 cm³/mol. The van der Waals surface area contributed by atoms with Gasteiger partial charge in [-0.25, -0.2) is 0 Å². The summed E-state index contributed by atoms with van der Waals surface area (Å²) >= 11 is 0. The maximum absolute atomic E-state index is 10.0. The molecule has 0 atom stereocenters. The Bertz CT molecular complexity index is 230. The molecule has 0 spiro atoms. The van der Waals surface area contributed by atoms with Crippen LogP contribution in [0.25, 0.3) is 0 Å². The van der Waals surface area contributed by atoms with Crippen molar-refractivity contribution in [2.45, 2.75) is 19.8 Å². The molecule has 0 fully saturated rings. The first-order chi connectivity index (χ1) is 6.06. The van der Waals surface area contributed by atoms with E-state index in [0.29, 0.717) is 6.42 Å². The van der Waals surface area contributed by atoms with Gasteiger partial charge in [-0.3, -0.25) is 19.7 Å². The zero-order valence-corrected chi connectivity index (χ0v) is 7.37. The molecule has 5 nitrogen and oxygen atoms in total. The smallest absolute Gasteiger partial charge is 0.250 e. The van der Waals surface area contributed by atoms with Gasteiger partial charge >= 0.3 is 0 Å². The second-order valence-electron chi connectivity index (χ2n) is 2.40. The fraction of sp³-hybridized carbons (Fsp3) is 0.375. The Morgan fingerprint density at radius 1 is 1.38 bits per heavy atom. The summed E-state index contributed by atoms with van der Waals surface area (Å²) in [6.45, 7) is 1.92. The Balaban J connectivity index is 0.000000226. The zero-order chi connectivity index (χ0) is 10.3. The normalized spacial score (nSPS) is 13.3. The van der Waals surface area contributed by atoms with E-state index in [9.17, 15) is 14.4 Å². The Morgan fingerprint density at radius 3 is 1.92 bits per heavy atom. The van der Waals surface area contributed by atoms with Gasteiger partial charge in [-0.15, -0.1) is 0 Å². The van der Waals surface area contributed by atoms with Gasteiger partial charge in [0.05, 0.1) is 0 Å². The molecule has 0 aromatic rings. The molecule has 0 bridgehead atoms. The molecule has 0 saturated carbocycles. The van der Waals surface area contributed by atoms with Crippen LogP contribution in [-0.2, 0) is 14.4 Å². The number of carbonyl (C=O) groups excluding carboxylic acids is 3. The lowest BCUT2D eigenvalue weighted by molar-refractivity contribution is -0.123. The maximum Gasteiger partial charge on any atom is 0.250 e. The molecule has 72 valence electrons. The standard InChI is InChI=1S/C4H3NO2.C4H9NO/c6-3-1-2-4(7)5-3;1-2-3-4(5)6/h1-2H,(H,5,6,7);2-3H2,1H3,(H2,5,6). The monoisotopic (exact) mass is 184 g/mol. The third kappa shape index (κ3) is 6.74. The summed E-state index contributed by atoms with van der Waals surface area (Å²) < 4.78 is 0. The molecule has 0 unspecified atom stereocenters. The van der Waals surface area contributed by atoms with Crippen LogP contribution in [0.2, 0.25) is 0 Å². The maximum atomic E-state index is 10.0. The average Bonchev–Trinajstić information content (AvgIpc) is 2.35. The lowest BCUT2D eigenvalue weighted by Crippen LogP contribution is -2.19. The summed E-state index contributed by atoms with van der Waals surface area (Å²) in [5.74, 6) is -0.868. The molecular formula is C8H12N2O3. The summed E-state index contributed by atoms with van der Waals surface area (Å²) in [6, 6.07) is 0. The first kappa shape index (κ1) is 11.4. The van der Waals surface area contributed by atoms with Crippen molar-refractivity contribution >= 4 is 17.7 Å². The molecule has 1 rings (SSSR count). The van der Waals surface area contributed by atoms with Gasteiger partial charge < -0.3 is 5.73 Å². The van der Waals surface area contributed by atoms with E-state index in [4.69, 9.17) is 5.73 Å². The second kappa shape index (κ2) is 5.93. The largest absolute Gasteiger partial charge is 0.370 e. The van der Waals surface area contributed by atoms with Crippen LogP contribution in [0.3, 0.4) is 0 Å². The van der Waals surface area contributed by atoms with Crippen molar-refractivity contribution in [1.82, 2.24) is 5.32 Å². The Kier molecular flexibility index (Phi) is 5.18. The molecule has 0 aromatic carbocycles. The van der Waals surface area contributed by atoms with Crippen molar-refractivity contribution in [3.63, 3.8) is 0 Å². The number of nitrogens with two attached hydrogens (primary N) is 1. The lowest BCUT2D eigenvalue weighted by Gasteiger charge is -1.81.